The number of hydrogen-bond acceptors (Lipinski definition) is 3. The largest absolute Gasteiger partial charge is 0.397 e. The van der Waals surface area contributed by atoms with Crippen LogP contribution in [0.3, 0.4) is 0 Å². The summed E-state index contributed by atoms with van der Waals surface area (Å²) in [6.07, 6.45) is 6.87. The Balaban J connectivity index is 2.17. The molecule has 0 atom stereocenters. The summed E-state index contributed by atoms with van der Waals surface area (Å²) in [5.74, 6) is 1.13. The van der Waals surface area contributed by atoms with Crippen molar-refractivity contribution in [1.82, 2.24) is 4.98 Å². The van der Waals surface area contributed by atoms with E-state index in [4.69, 9.17) is 5.73 Å². The number of unbranched alkanes of at least 4 members (excludes halogenated alkanes) is 1. The van der Waals surface area contributed by atoms with Gasteiger partial charge in [-0.3, -0.25) is 0 Å². The highest BCUT2D eigenvalue weighted by Gasteiger charge is 2.30. The summed E-state index contributed by atoms with van der Waals surface area (Å²) in [7, 11) is 0. The molecule has 0 aliphatic heterocycles. The fourth-order valence-electron chi connectivity index (χ4n) is 2.07. The zero-order valence-corrected chi connectivity index (χ0v) is 10.2. The highest BCUT2D eigenvalue weighted by atomic mass is 15.2. The Morgan fingerprint density at radius 2 is 2.25 bits per heavy atom. The van der Waals surface area contributed by atoms with E-state index in [1.165, 1.54) is 31.2 Å². The molecule has 1 heterocycles. The van der Waals surface area contributed by atoms with Crippen molar-refractivity contribution < 1.29 is 0 Å². The molecule has 2 N–H and O–H groups in total. The van der Waals surface area contributed by atoms with Crippen LogP contribution in [0.25, 0.3) is 0 Å². The molecule has 1 aromatic heterocycles. The Morgan fingerprint density at radius 3 is 2.81 bits per heavy atom. The standard InChI is InChI=1S/C13H21N3/c1-3-4-7-16(12-5-6-12)13-10(2)8-11(14)9-15-13/h8-9,12H,3-7,14H2,1-2H3. The summed E-state index contributed by atoms with van der Waals surface area (Å²) in [6, 6.07) is 2.74. The minimum Gasteiger partial charge on any atom is -0.397 e. The van der Waals surface area contributed by atoms with E-state index in [0.29, 0.717) is 0 Å². The van der Waals surface area contributed by atoms with Gasteiger partial charge in [0.15, 0.2) is 0 Å². The predicted molar refractivity (Wildman–Crippen MR) is 68.7 cm³/mol. The molecule has 1 fully saturated rings. The van der Waals surface area contributed by atoms with Crippen molar-refractivity contribution in [3.8, 4) is 0 Å². The predicted octanol–water partition coefficient (Wildman–Crippen LogP) is 2.74. The molecule has 0 radical (unpaired) electrons. The zero-order valence-electron chi connectivity index (χ0n) is 10.2. The number of nitrogens with two attached hydrogens (primary N) is 1. The molecule has 0 spiro atoms. The maximum absolute atomic E-state index is 5.74. The van der Waals surface area contributed by atoms with E-state index >= 15 is 0 Å². The van der Waals surface area contributed by atoms with Gasteiger partial charge in [-0.1, -0.05) is 13.3 Å². The average molecular weight is 219 g/mol. The first-order chi connectivity index (χ1) is 7.72. The first-order valence-corrected chi connectivity index (χ1v) is 6.21. The second-order valence-corrected chi connectivity index (χ2v) is 4.69. The lowest BCUT2D eigenvalue weighted by molar-refractivity contribution is 0.703. The normalized spacial score (nSPS) is 15.1. The smallest absolute Gasteiger partial charge is 0.131 e. The van der Waals surface area contributed by atoms with Gasteiger partial charge in [-0.25, -0.2) is 4.98 Å². The highest BCUT2D eigenvalue weighted by Crippen LogP contribution is 2.32. The van der Waals surface area contributed by atoms with Crippen LogP contribution < -0.4 is 10.6 Å². The first-order valence-electron chi connectivity index (χ1n) is 6.21. The number of pyridine rings is 1. The second kappa shape index (κ2) is 4.73. The number of aryl methyl sites for hydroxylation is 1. The summed E-state index contributed by atoms with van der Waals surface area (Å²) < 4.78 is 0. The number of hydrogen-bond donors (Lipinski definition) is 1. The molecule has 1 aliphatic carbocycles. The lowest BCUT2D eigenvalue weighted by Crippen LogP contribution is -2.28. The third-order valence-electron chi connectivity index (χ3n) is 3.08. The summed E-state index contributed by atoms with van der Waals surface area (Å²) >= 11 is 0. The fraction of sp³-hybridized carbons (Fsp3) is 0.615. The monoisotopic (exact) mass is 219 g/mol. The van der Waals surface area contributed by atoms with E-state index in [-0.39, 0.29) is 0 Å². The minimum atomic E-state index is 0.723. The van der Waals surface area contributed by atoms with Gasteiger partial charge in [0.1, 0.15) is 5.82 Å². The number of anilines is 2. The molecular weight excluding hydrogens is 198 g/mol. The molecule has 1 saturated carbocycles. The Kier molecular flexibility index (Phi) is 3.32. The molecule has 88 valence electrons. The third kappa shape index (κ3) is 2.46. The van der Waals surface area contributed by atoms with Gasteiger partial charge in [0.25, 0.3) is 0 Å². The van der Waals surface area contributed by atoms with Gasteiger partial charge in [-0.15, -0.1) is 0 Å². The van der Waals surface area contributed by atoms with Crippen LogP contribution in [-0.2, 0) is 0 Å². The molecule has 0 bridgehead atoms. The summed E-state index contributed by atoms with van der Waals surface area (Å²) in [6.45, 7) is 5.45. The third-order valence-corrected chi connectivity index (χ3v) is 3.08. The van der Waals surface area contributed by atoms with Gasteiger partial charge in [0.2, 0.25) is 0 Å². The van der Waals surface area contributed by atoms with E-state index < -0.39 is 0 Å². The van der Waals surface area contributed by atoms with E-state index in [1.807, 2.05) is 6.07 Å². The lowest BCUT2D eigenvalue weighted by atomic mass is 10.2. The first kappa shape index (κ1) is 11.2. The molecule has 16 heavy (non-hydrogen) atoms. The van der Waals surface area contributed by atoms with Gasteiger partial charge in [0.05, 0.1) is 11.9 Å². The van der Waals surface area contributed by atoms with Crippen molar-refractivity contribution in [2.24, 2.45) is 0 Å². The Hall–Kier alpha value is -1.25. The maximum atomic E-state index is 5.74. The van der Waals surface area contributed by atoms with Crippen molar-refractivity contribution in [2.45, 2.75) is 45.6 Å². The minimum absolute atomic E-state index is 0.723. The maximum Gasteiger partial charge on any atom is 0.131 e. The molecule has 0 amide bonds. The molecule has 0 unspecified atom stereocenters. The summed E-state index contributed by atoms with van der Waals surface area (Å²) in [5.41, 5.74) is 7.69. The zero-order chi connectivity index (χ0) is 11.5. The van der Waals surface area contributed by atoms with Crippen LogP contribution in [-0.4, -0.2) is 17.6 Å². The summed E-state index contributed by atoms with van der Waals surface area (Å²) in [4.78, 5) is 6.95. The van der Waals surface area contributed by atoms with E-state index in [0.717, 1.165) is 24.1 Å². The molecule has 0 saturated heterocycles. The van der Waals surface area contributed by atoms with Gasteiger partial charge in [-0.2, -0.15) is 0 Å². The van der Waals surface area contributed by atoms with Crippen LogP contribution in [0.1, 0.15) is 38.2 Å². The quantitative estimate of drug-likeness (QED) is 0.828. The number of aromatic nitrogens is 1. The fourth-order valence-corrected chi connectivity index (χ4v) is 2.07. The topological polar surface area (TPSA) is 42.2 Å². The number of nitrogens with zero attached hydrogens (tertiary/aromatic N) is 2. The molecule has 0 aromatic carbocycles. The Labute approximate surface area is 97.7 Å². The average Bonchev–Trinajstić information content (AvgIpc) is 3.05. The van der Waals surface area contributed by atoms with E-state index in [9.17, 15) is 0 Å². The van der Waals surface area contributed by atoms with Crippen molar-refractivity contribution >= 4 is 11.5 Å². The van der Waals surface area contributed by atoms with Crippen molar-refractivity contribution in [1.29, 1.82) is 0 Å². The number of nitrogen functional groups attached to an aromatic ring is 1. The lowest BCUT2D eigenvalue weighted by Gasteiger charge is -2.25. The van der Waals surface area contributed by atoms with Crippen molar-refractivity contribution in [3.63, 3.8) is 0 Å². The van der Waals surface area contributed by atoms with Gasteiger partial charge in [0, 0.05) is 12.6 Å². The SMILES string of the molecule is CCCCN(c1ncc(N)cc1C)C1CC1. The van der Waals surface area contributed by atoms with Crippen LogP contribution in [0.4, 0.5) is 11.5 Å². The van der Waals surface area contributed by atoms with Crippen LogP contribution in [0.2, 0.25) is 0 Å². The Morgan fingerprint density at radius 1 is 1.50 bits per heavy atom. The van der Waals surface area contributed by atoms with Crippen LogP contribution >= 0.6 is 0 Å². The van der Waals surface area contributed by atoms with Crippen LogP contribution in [0.5, 0.6) is 0 Å². The molecule has 1 aromatic rings. The van der Waals surface area contributed by atoms with E-state index in [2.05, 4.69) is 23.7 Å². The molecular formula is C13H21N3. The van der Waals surface area contributed by atoms with Crippen molar-refractivity contribution in [3.05, 3.63) is 17.8 Å². The highest BCUT2D eigenvalue weighted by molar-refractivity contribution is 5.53. The second-order valence-electron chi connectivity index (χ2n) is 4.69. The van der Waals surface area contributed by atoms with Crippen LogP contribution in [0, 0.1) is 6.92 Å². The van der Waals surface area contributed by atoms with E-state index in [1.54, 1.807) is 6.20 Å². The van der Waals surface area contributed by atoms with Gasteiger partial charge in [-0.05, 0) is 37.8 Å². The summed E-state index contributed by atoms with van der Waals surface area (Å²) in [5, 5.41) is 0. The van der Waals surface area contributed by atoms with Gasteiger partial charge >= 0.3 is 0 Å². The van der Waals surface area contributed by atoms with Gasteiger partial charge < -0.3 is 10.6 Å². The number of rotatable bonds is 5. The molecule has 3 heteroatoms. The molecule has 2 rings (SSSR count). The van der Waals surface area contributed by atoms with Crippen molar-refractivity contribution in [2.75, 3.05) is 17.2 Å². The Bertz CT molecular complexity index is 358. The molecule has 1 aliphatic rings. The molecule has 3 nitrogen and oxygen atoms in total. The van der Waals surface area contributed by atoms with Crippen LogP contribution in [0.15, 0.2) is 12.3 Å².